The Labute approximate surface area is 300 Å². The summed E-state index contributed by atoms with van der Waals surface area (Å²) in [5, 5.41) is 2.03. The van der Waals surface area contributed by atoms with E-state index in [-0.39, 0.29) is 64.3 Å². The molecule has 6 aromatic rings. The fourth-order valence-electron chi connectivity index (χ4n) is 7.44. The maximum absolute atomic E-state index is 13.8. The van der Waals surface area contributed by atoms with Gasteiger partial charge in [-0.2, -0.15) is 0 Å². The molecule has 0 N–H and O–H groups in total. The van der Waals surface area contributed by atoms with E-state index in [2.05, 4.69) is 4.98 Å². The molecule has 3 heterocycles. The number of amides is 4. The van der Waals surface area contributed by atoms with E-state index in [1.54, 1.807) is 78.9 Å². The highest BCUT2D eigenvalue weighted by Crippen LogP contribution is 2.38. The second-order valence-electron chi connectivity index (χ2n) is 13.0. The number of rotatable bonds is 7. The fraction of sp³-hybridized carbons (Fsp3) is 0.0952. The fourth-order valence-corrected chi connectivity index (χ4v) is 7.44. The van der Waals surface area contributed by atoms with E-state index >= 15 is 0 Å². The predicted octanol–water partition coefficient (Wildman–Crippen LogP) is 6.19. The average molecular weight is 700 g/mol. The number of ether oxygens (including phenoxy) is 1. The molecule has 256 valence electrons. The lowest BCUT2D eigenvalue weighted by molar-refractivity contribution is 0.0475. The molecule has 11 heteroatoms. The second-order valence-corrected chi connectivity index (χ2v) is 13.0. The van der Waals surface area contributed by atoms with E-state index in [9.17, 15) is 33.6 Å². The normalized spacial score (nSPS) is 16.2. The van der Waals surface area contributed by atoms with Crippen LogP contribution in [-0.4, -0.2) is 64.2 Å². The van der Waals surface area contributed by atoms with Crippen molar-refractivity contribution in [2.45, 2.75) is 12.3 Å². The Kier molecular flexibility index (Phi) is 7.19. The predicted molar refractivity (Wildman–Crippen MR) is 191 cm³/mol. The summed E-state index contributed by atoms with van der Waals surface area (Å²) >= 11 is 0. The van der Waals surface area contributed by atoms with Crippen molar-refractivity contribution in [3.05, 3.63) is 154 Å². The number of imide groups is 2. The molecular formula is C42H25N3O8. The van der Waals surface area contributed by atoms with Gasteiger partial charge in [-0.3, -0.25) is 33.7 Å². The zero-order valence-electron chi connectivity index (χ0n) is 27.7. The number of pyridine rings is 1. The summed E-state index contributed by atoms with van der Waals surface area (Å²) in [5.41, 5.74) is 2.28. The van der Waals surface area contributed by atoms with Crippen LogP contribution in [0.25, 0.3) is 21.7 Å². The summed E-state index contributed by atoms with van der Waals surface area (Å²) in [4.78, 5) is 100. The van der Waals surface area contributed by atoms with Crippen molar-refractivity contribution in [1.82, 2.24) is 9.88 Å². The molecule has 2 aliphatic heterocycles. The minimum absolute atomic E-state index is 0.0298. The highest BCUT2D eigenvalue weighted by molar-refractivity contribution is 6.36. The molecular weight excluding hydrogens is 674 g/mol. The smallest absolute Gasteiger partial charge is 0.338 e. The number of para-hydroxylation sites is 1. The van der Waals surface area contributed by atoms with Gasteiger partial charge in [-0.05, 0) is 66.4 Å². The molecule has 1 aliphatic carbocycles. The van der Waals surface area contributed by atoms with Crippen LogP contribution in [0.15, 0.2) is 109 Å². The third kappa shape index (κ3) is 4.81. The van der Waals surface area contributed by atoms with Gasteiger partial charge >= 0.3 is 5.97 Å². The van der Waals surface area contributed by atoms with Crippen LogP contribution < -0.4 is 4.90 Å². The van der Waals surface area contributed by atoms with Crippen molar-refractivity contribution < 1.29 is 38.3 Å². The van der Waals surface area contributed by atoms with Crippen LogP contribution >= 0.6 is 0 Å². The topological polar surface area (TPSA) is 148 Å². The molecule has 0 spiro atoms. The van der Waals surface area contributed by atoms with E-state index in [1.165, 1.54) is 18.2 Å². The molecule has 1 aromatic heterocycles. The third-order valence-electron chi connectivity index (χ3n) is 9.98. The molecule has 0 bridgehead atoms. The van der Waals surface area contributed by atoms with Crippen LogP contribution in [0.3, 0.4) is 0 Å². The summed E-state index contributed by atoms with van der Waals surface area (Å²) in [6.45, 7) is -0.0766. The lowest BCUT2D eigenvalue weighted by atomic mass is 9.94. The van der Waals surface area contributed by atoms with Crippen LogP contribution in [0.4, 0.5) is 5.69 Å². The number of ketones is 2. The van der Waals surface area contributed by atoms with Crippen molar-refractivity contribution in [2.75, 3.05) is 18.1 Å². The number of esters is 1. The molecule has 0 fully saturated rings. The summed E-state index contributed by atoms with van der Waals surface area (Å²) in [6.07, 6.45) is 0.183. The lowest BCUT2D eigenvalue weighted by Crippen LogP contribution is -2.41. The Morgan fingerprint density at radius 3 is 1.92 bits per heavy atom. The van der Waals surface area contributed by atoms with Gasteiger partial charge in [0.25, 0.3) is 23.6 Å². The molecule has 1 unspecified atom stereocenters. The molecule has 11 nitrogen and oxygen atoms in total. The number of carbonyl (C=O) groups excluding carboxylic acids is 7. The number of carbonyl (C=O) groups is 7. The van der Waals surface area contributed by atoms with E-state index in [4.69, 9.17) is 4.74 Å². The number of anilines is 1. The molecule has 5 aromatic carbocycles. The first-order valence-corrected chi connectivity index (χ1v) is 16.9. The van der Waals surface area contributed by atoms with Gasteiger partial charge in [0.1, 0.15) is 5.92 Å². The summed E-state index contributed by atoms with van der Waals surface area (Å²) in [5.74, 6) is -4.91. The minimum atomic E-state index is -1.30. The maximum atomic E-state index is 13.8. The van der Waals surface area contributed by atoms with Gasteiger partial charge in [0.15, 0.2) is 11.6 Å². The number of Topliss-reactive ketones (excluding diaryl/α,β-unsaturated/α-hetero) is 2. The first-order valence-electron chi connectivity index (χ1n) is 16.9. The molecule has 53 heavy (non-hydrogen) atoms. The number of hydrogen-bond donors (Lipinski definition) is 0. The molecule has 0 radical (unpaired) electrons. The van der Waals surface area contributed by atoms with Gasteiger partial charge in [0, 0.05) is 39.6 Å². The third-order valence-corrected chi connectivity index (χ3v) is 9.98. The average Bonchev–Trinajstić information content (AvgIpc) is 3.59. The maximum Gasteiger partial charge on any atom is 0.338 e. The molecule has 0 saturated carbocycles. The first-order chi connectivity index (χ1) is 25.7. The molecule has 9 rings (SSSR count). The van der Waals surface area contributed by atoms with Crippen LogP contribution in [0, 0.1) is 0 Å². The highest BCUT2D eigenvalue weighted by Gasteiger charge is 2.42. The van der Waals surface area contributed by atoms with Crippen LogP contribution in [0.1, 0.15) is 90.5 Å². The van der Waals surface area contributed by atoms with Gasteiger partial charge < -0.3 is 4.74 Å². The zero-order valence-corrected chi connectivity index (χ0v) is 27.7. The van der Waals surface area contributed by atoms with Gasteiger partial charge in [0.05, 0.1) is 40.2 Å². The number of hydrogen-bond acceptors (Lipinski definition) is 9. The molecule has 3 aliphatic rings. The van der Waals surface area contributed by atoms with Crippen molar-refractivity contribution in [2.24, 2.45) is 0 Å². The Morgan fingerprint density at radius 2 is 1.23 bits per heavy atom. The Morgan fingerprint density at radius 1 is 0.604 bits per heavy atom. The SMILES string of the molecule is O=C(OCCCN1C(=O)c2cccc3cccc(c23)C1=O)c1ccc2c(c1)C(=O)C(c1ccc3cccc(N4C(=O)c5ccccc5C4=O)c3n1)C2=O. The largest absolute Gasteiger partial charge is 0.462 e. The van der Waals surface area contributed by atoms with Crippen LogP contribution in [0.5, 0.6) is 0 Å². The van der Waals surface area contributed by atoms with Crippen molar-refractivity contribution in [1.29, 1.82) is 0 Å². The van der Waals surface area contributed by atoms with E-state index in [0.29, 0.717) is 21.9 Å². The molecule has 4 amide bonds. The van der Waals surface area contributed by atoms with Crippen LogP contribution in [0.2, 0.25) is 0 Å². The quantitative estimate of drug-likeness (QED) is 0.0823. The van der Waals surface area contributed by atoms with Crippen molar-refractivity contribution in [3.8, 4) is 0 Å². The second kappa shape index (κ2) is 12.0. The summed E-state index contributed by atoms with van der Waals surface area (Å²) < 4.78 is 5.44. The molecule has 1 atom stereocenters. The van der Waals surface area contributed by atoms with E-state index < -0.39 is 47.1 Å². The van der Waals surface area contributed by atoms with Crippen molar-refractivity contribution in [3.63, 3.8) is 0 Å². The Balaban J connectivity index is 0.908. The van der Waals surface area contributed by atoms with Gasteiger partial charge in [-0.15, -0.1) is 0 Å². The first kappa shape index (κ1) is 31.8. The Bertz CT molecular complexity index is 2610. The standard InChI is InChI=1S/C42H25N3O8/c46-36-25-17-15-24(42(52)53-20-6-19-44-38(48)28-12-3-7-22-8-4-13-29(33(22)28)39(44)49)21-30(25)37(47)34(36)31-18-16-23-9-5-14-32(35(23)43-31)45-40(50)26-10-1-2-11-27(26)41(45)51/h1-5,7-18,21,34H,6,19-20H2. The van der Waals surface area contributed by atoms with Gasteiger partial charge in [0.2, 0.25) is 0 Å². The van der Waals surface area contributed by atoms with E-state index in [0.717, 1.165) is 15.2 Å². The van der Waals surface area contributed by atoms with Gasteiger partial charge in [-0.1, -0.05) is 54.6 Å². The van der Waals surface area contributed by atoms with Crippen molar-refractivity contribution >= 4 is 68.5 Å². The summed E-state index contributed by atoms with van der Waals surface area (Å²) in [6, 6.07) is 29.5. The molecule has 0 saturated heterocycles. The summed E-state index contributed by atoms with van der Waals surface area (Å²) in [7, 11) is 0. The number of fused-ring (bicyclic) bond motifs is 3. The van der Waals surface area contributed by atoms with E-state index in [1.807, 2.05) is 12.1 Å². The minimum Gasteiger partial charge on any atom is -0.462 e. The lowest BCUT2D eigenvalue weighted by Gasteiger charge is -2.27. The monoisotopic (exact) mass is 699 g/mol. The number of benzene rings is 5. The van der Waals surface area contributed by atoms with Crippen LogP contribution in [-0.2, 0) is 4.74 Å². The number of aromatic nitrogens is 1. The Hall–Kier alpha value is -7.14. The number of nitrogens with zero attached hydrogens (tertiary/aromatic N) is 3. The van der Waals surface area contributed by atoms with Gasteiger partial charge in [-0.25, -0.2) is 14.7 Å². The highest BCUT2D eigenvalue weighted by atomic mass is 16.5. The zero-order chi connectivity index (χ0) is 36.5.